The van der Waals surface area contributed by atoms with E-state index in [-0.39, 0.29) is 18.5 Å². The largest absolute Gasteiger partial charge is 0.371 e. The van der Waals surface area contributed by atoms with E-state index in [9.17, 15) is 0 Å². The lowest BCUT2D eigenvalue weighted by molar-refractivity contribution is -0.0357. The number of nitrogens with one attached hydrogen (secondary N) is 1. The number of halogens is 1. The van der Waals surface area contributed by atoms with Crippen LogP contribution in [-0.2, 0) is 11.3 Å². The van der Waals surface area contributed by atoms with Gasteiger partial charge in [0.1, 0.15) is 0 Å². The molecule has 5 nitrogen and oxygen atoms in total. The van der Waals surface area contributed by atoms with E-state index in [1.165, 1.54) is 38.0 Å². The fourth-order valence-electron chi connectivity index (χ4n) is 3.22. The molecule has 1 unspecified atom stereocenters. The van der Waals surface area contributed by atoms with Crippen molar-refractivity contribution < 1.29 is 4.74 Å². The van der Waals surface area contributed by atoms with Crippen LogP contribution in [0.1, 0.15) is 31.4 Å². The molecule has 1 atom stereocenters. The van der Waals surface area contributed by atoms with Crippen molar-refractivity contribution in [2.45, 2.75) is 32.4 Å². The minimum atomic E-state index is 0. The summed E-state index contributed by atoms with van der Waals surface area (Å²) in [6.45, 7) is 9.55. The predicted octanol–water partition coefficient (Wildman–Crippen LogP) is 1.70. The maximum atomic E-state index is 5.93. The summed E-state index contributed by atoms with van der Waals surface area (Å²) in [5.41, 5.74) is 1.22. The molecule has 1 aromatic heterocycles. The third kappa shape index (κ3) is 4.42. The number of rotatable bonds is 4. The molecule has 1 aromatic rings. The third-order valence-electron chi connectivity index (χ3n) is 4.47. The Morgan fingerprint density at radius 2 is 2.19 bits per heavy atom. The molecule has 120 valence electrons. The first kappa shape index (κ1) is 16.7. The highest BCUT2D eigenvalue weighted by Gasteiger charge is 2.25. The van der Waals surface area contributed by atoms with Gasteiger partial charge in [0.25, 0.3) is 0 Å². The van der Waals surface area contributed by atoms with Gasteiger partial charge in [0.05, 0.1) is 18.9 Å². The summed E-state index contributed by atoms with van der Waals surface area (Å²) in [5.74, 6) is 0.855. The summed E-state index contributed by atoms with van der Waals surface area (Å²) >= 11 is 0. The SMILES string of the molecule is CCn1cc(C2CN(CC3CCNCC3)CCO2)cn1.Cl. The van der Waals surface area contributed by atoms with Crippen LogP contribution in [0.2, 0.25) is 0 Å². The molecular formula is C15H27ClN4O. The van der Waals surface area contributed by atoms with Crippen LogP contribution in [0.15, 0.2) is 12.4 Å². The number of hydrogen-bond donors (Lipinski definition) is 1. The van der Waals surface area contributed by atoms with Crippen molar-refractivity contribution in [3.05, 3.63) is 18.0 Å². The van der Waals surface area contributed by atoms with Gasteiger partial charge in [-0.25, -0.2) is 0 Å². The molecule has 0 bridgehead atoms. The normalized spacial score (nSPS) is 24.7. The van der Waals surface area contributed by atoms with Crippen molar-refractivity contribution in [1.82, 2.24) is 20.0 Å². The number of piperidine rings is 1. The van der Waals surface area contributed by atoms with E-state index < -0.39 is 0 Å². The van der Waals surface area contributed by atoms with Gasteiger partial charge in [-0.2, -0.15) is 5.10 Å². The second-order valence-electron chi connectivity index (χ2n) is 5.94. The Hall–Kier alpha value is -0.620. The molecule has 2 aliphatic heterocycles. The van der Waals surface area contributed by atoms with Crippen LogP contribution in [0.4, 0.5) is 0 Å². The summed E-state index contributed by atoms with van der Waals surface area (Å²) in [7, 11) is 0. The topological polar surface area (TPSA) is 42.3 Å². The van der Waals surface area contributed by atoms with Crippen molar-refractivity contribution >= 4 is 12.4 Å². The summed E-state index contributed by atoms with van der Waals surface area (Å²) in [4.78, 5) is 2.58. The van der Waals surface area contributed by atoms with Crippen LogP contribution in [0.5, 0.6) is 0 Å². The Labute approximate surface area is 133 Å². The fraction of sp³-hybridized carbons (Fsp3) is 0.800. The van der Waals surface area contributed by atoms with Gasteiger partial charge < -0.3 is 10.1 Å². The van der Waals surface area contributed by atoms with Crippen molar-refractivity contribution in [3.8, 4) is 0 Å². The van der Waals surface area contributed by atoms with Gasteiger partial charge in [0.2, 0.25) is 0 Å². The highest BCUT2D eigenvalue weighted by Crippen LogP contribution is 2.23. The first-order chi connectivity index (χ1) is 9.85. The molecule has 0 aromatic carbocycles. The number of nitrogens with zero attached hydrogens (tertiary/aromatic N) is 3. The van der Waals surface area contributed by atoms with Crippen LogP contribution in [-0.4, -0.2) is 54.0 Å². The molecule has 0 aliphatic carbocycles. The zero-order valence-corrected chi connectivity index (χ0v) is 13.6. The average molecular weight is 315 g/mol. The van der Waals surface area contributed by atoms with E-state index in [4.69, 9.17) is 4.74 Å². The Morgan fingerprint density at radius 1 is 1.38 bits per heavy atom. The number of morpholine rings is 1. The summed E-state index contributed by atoms with van der Waals surface area (Å²) in [6, 6.07) is 0. The Balaban J connectivity index is 0.00000161. The second kappa shape index (κ2) is 8.13. The Kier molecular flexibility index (Phi) is 6.48. The second-order valence-corrected chi connectivity index (χ2v) is 5.94. The van der Waals surface area contributed by atoms with Crippen LogP contribution in [0.25, 0.3) is 0 Å². The van der Waals surface area contributed by atoms with Crippen molar-refractivity contribution in [2.24, 2.45) is 5.92 Å². The van der Waals surface area contributed by atoms with Gasteiger partial charge in [-0.05, 0) is 38.8 Å². The van der Waals surface area contributed by atoms with Gasteiger partial charge in [-0.15, -0.1) is 12.4 Å². The van der Waals surface area contributed by atoms with Crippen molar-refractivity contribution in [3.63, 3.8) is 0 Å². The number of ether oxygens (including phenoxy) is 1. The Bertz CT molecular complexity index is 420. The lowest BCUT2D eigenvalue weighted by atomic mass is 9.97. The molecule has 2 aliphatic rings. The van der Waals surface area contributed by atoms with Gasteiger partial charge in [0, 0.05) is 37.9 Å². The van der Waals surface area contributed by atoms with Crippen LogP contribution < -0.4 is 5.32 Å². The molecule has 3 rings (SSSR count). The van der Waals surface area contributed by atoms with E-state index in [0.717, 1.165) is 32.2 Å². The smallest absolute Gasteiger partial charge is 0.0982 e. The summed E-state index contributed by atoms with van der Waals surface area (Å²) < 4.78 is 7.91. The van der Waals surface area contributed by atoms with Crippen molar-refractivity contribution in [1.29, 1.82) is 0 Å². The van der Waals surface area contributed by atoms with E-state index in [0.29, 0.717) is 0 Å². The molecule has 6 heteroatoms. The lowest BCUT2D eigenvalue weighted by Gasteiger charge is -2.35. The van der Waals surface area contributed by atoms with Crippen LogP contribution in [0.3, 0.4) is 0 Å². The first-order valence-electron chi connectivity index (χ1n) is 7.92. The first-order valence-corrected chi connectivity index (χ1v) is 7.92. The minimum absolute atomic E-state index is 0. The molecule has 0 radical (unpaired) electrons. The quantitative estimate of drug-likeness (QED) is 0.918. The molecule has 3 heterocycles. The molecule has 1 N–H and O–H groups in total. The fourth-order valence-corrected chi connectivity index (χ4v) is 3.22. The lowest BCUT2D eigenvalue weighted by Crippen LogP contribution is -2.43. The molecule has 0 amide bonds. The zero-order chi connectivity index (χ0) is 13.8. The number of aryl methyl sites for hydroxylation is 1. The maximum absolute atomic E-state index is 5.93. The standard InChI is InChI=1S/C15H26N4O.ClH/c1-2-19-11-14(9-17-19)15-12-18(7-8-20-15)10-13-3-5-16-6-4-13;/h9,11,13,15-16H,2-8,10,12H2,1H3;1H. The summed E-state index contributed by atoms with van der Waals surface area (Å²) in [5, 5.41) is 7.80. The molecular weight excluding hydrogens is 288 g/mol. The predicted molar refractivity (Wildman–Crippen MR) is 85.9 cm³/mol. The maximum Gasteiger partial charge on any atom is 0.0982 e. The van der Waals surface area contributed by atoms with E-state index in [1.807, 2.05) is 10.9 Å². The van der Waals surface area contributed by atoms with Gasteiger partial charge >= 0.3 is 0 Å². The number of hydrogen-bond acceptors (Lipinski definition) is 4. The Morgan fingerprint density at radius 3 is 2.90 bits per heavy atom. The third-order valence-corrected chi connectivity index (χ3v) is 4.47. The van der Waals surface area contributed by atoms with Gasteiger partial charge in [-0.3, -0.25) is 9.58 Å². The molecule has 2 fully saturated rings. The van der Waals surface area contributed by atoms with Gasteiger partial charge in [0.15, 0.2) is 0 Å². The molecule has 21 heavy (non-hydrogen) atoms. The number of aromatic nitrogens is 2. The van der Waals surface area contributed by atoms with Gasteiger partial charge in [-0.1, -0.05) is 0 Å². The van der Waals surface area contributed by atoms with E-state index in [2.05, 4.69) is 28.4 Å². The van der Waals surface area contributed by atoms with E-state index >= 15 is 0 Å². The van der Waals surface area contributed by atoms with Crippen molar-refractivity contribution in [2.75, 3.05) is 39.3 Å². The molecule has 0 spiro atoms. The highest BCUT2D eigenvalue weighted by molar-refractivity contribution is 5.85. The molecule has 2 saturated heterocycles. The molecule has 0 saturated carbocycles. The van der Waals surface area contributed by atoms with Crippen LogP contribution in [0, 0.1) is 5.92 Å². The summed E-state index contributed by atoms with van der Waals surface area (Å²) in [6.07, 6.45) is 6.91. The van der Waals surface area contributed by atoms with E-state index in [1.54, 1.807) is 0 Å². The zero-order valence-electron chi connectivity index (χ0n) is 12.8. The van der Waals surface area contributed by atoms with Crippen LogP contribution >= 0.6 is 12.4 Å². The monoisotopic (exact) mass is 314 g/mol. The minimum Gasteiger partial charge on any atom is -0.371 e. The average Bonchev–Trinajstić information content (AvgIpc) is 2.98. The highest BCUT2D eigenvalue weighted by atomic mass is 35.5.